The lowest BCUT2D eigenvalue weighted by Gasteiger charge is -2.27. The van der Waals surface area contributed by atoms with Crippen LogP contribution in [0.4, 0.5) is 13.2 Å². The van der Waals surface area contributed by atoms with Gasteiger partial charge in [-0.2, -0.15) is 13.2 Å². The first kappa shape index (κ1) is 21.7. The number of alkyl halides is 3. The van der Waals surface area contributed by atoms with Crippen molar-refractivity contribution in [3.05, 3.63) is 35.4 Å². The molecule has 1 amide bonds. The van der Waals surface area contributed by atoms with Crippen LogP contribution in [0, 0.1) is 0 Å². The molecule has 8 heteroatoms. The van der Waals surface area contributed by atoms with Gasteiger partial charge in [-0.1, -0.05) is 25.1 Å². The summed E-state index contributed by atoms with van der Waals surface area (Å²) in [6, 6.07) is 5.45. The number of amides is 1. The molecule has 2 rings (SSSR count). The molecule has 0 saturated carbocycles. The van der Waals surface area contributed by atoms with Crippen molar-refractivity contribution in [3.63, 3.8) is 0 Å². The van der Waals surface area contributed by atoms with Gasteiger partial charge in [0.1, 0.15) is 0 Å². The van der Waals surface area contributed by atoms with Crippen LogP contribution in [-0.4, -0.2) is 50.1 Å². The Labute approximate surface area is 152 Å². The number of halogens is 4. The normalized spacial score (nSPS) is 16.8. The molecule has 1 heterocycles. The quantitative estimate of drug-likeness (QED) is 0.798. The number of carbonyl (C=O) groups excluding carboxylic acids is 1. The molecular weight excluding hydrogens is 355 g/mol. The Morgan fingerprint density at radius 3 is 2.56 bits per heavy atom. The van der Waals surface area contributed by atoms with Crippen LogP contribution in [0.3, 0.4) is 0 Å². The van der Waals surface area contributed by atoms with E-state index in [0.29, 0.717) is 6.54 Å². The van der Waals surface area contributed by atoms with E-state index in [-0.39, 0.29) is 30.3 Å². The number of hydrogen-bond donors (Lipinski definition) is 2. The molecule has 142 valence electrons. The predicted molar refractivity (Wildman–Crippen MR) is 94.0 cm³/mol. The van der Waals surface area contributed by atoms with E-state index >= 15 is 0 Å². The summed E-state index contributed by atoms with van der Waals surface area (Å²) in [5, 5.41) is 6.06. The molecule has 1 aromatic carbocycles. The van der Waals surface area contributed by atoms with E-state index < -0.39 is 17.7 Å². The number of nitrogens with zero attached hydrogens (tertiary/aromatic N) is 1. The molecule has 4 nitrogen and oxygen atoms in total. The standard InChI is InChI=1S/C17H24F3N3O.ClH/c1-13(14-4-2-3-5-15(14)17(18,19)20)12-16(24)22-8-11-23-9-6-21-7-10-23;/h2-5,13,21H,6-12H2,1H3,(H,22,24);1H. The zero-order valence-corrected chi connectivity index (χ0v) is 15.1. The van der Waals surface area contributed by atoms with Gasteiger partial charge < -0.3 is 10.6 Å². The van der Waals surface area contributed by atoms with Crippen LogP contribution < -0.4 is 10.6 Å². The SMILES string of the molecule is CC(CC(=O)NCCN1CCNCC1)c1ccccc1C(F)(F)F.Cl. The van der Waals surface area contributed by atoms with Crippen molar-refractivity contribution in [2.75, 3.05) is 39.3 Å². The smallest absolute Gasteiger partial charge is 0.355 e. The molecule has 2 N–H and O–H groups in total. The molecule has 1 aromatic rings. The van der Waals surface area contributed by atoms with Crippen LogP contribution in [0.25, 0.3) is 0 Å². The molecule has 1 unspecified atom stereocenters. The Morgan fingerprint density at radius 2 is 1.92 bits per heavy atom. The molecule has 0 radical (unpaired) electrons. The lowest BCUT2D eigenvalue weighted by Crippen LogP contribution is -2.46. The summed E-state index contributed by atoms with van der Waals surface area (Å²) in [4.78, 5) is 14.3. The second kappa shape index (κ2) is 9.99. The third-order valence-electron chi connectivity index (χ3n) is 4.25. The van der Waals surface area contributed by atoms with Gasteiger partial charge in [0.05, 0.1) is 5.56 Å². The third-order valence-corrected chi connectivity index (χ3v) is 4.25. The molecule has 0 bridgehead atoms. The monoisotopic (exact) mass is 379 g/mol. The van der Waals surface area contributed by atoms with Gasteiger partial charge in [-0.3, -0.25) is 9.69 Å². The summed E-state index contributed by atoms with van der Waals surface area (Å²) < 4.78 is 39.1. The Hall–Kier alpha value is -1.31. The maximum absolute atomic E-state index is 13.0. The zero-order valence-electron chi connectivity index (χ0n) is 14.2. The van der Waals surface area contributed by atoms with Gasteiger partial charge in [0, 0.05) is 45.7 Å². The van der Waals surface area contributed by atoms with Gasteiger partial charge in [-0.05, 0) is 17.5 Å². The Bertz CT molecular complexity index is 548. The Morgan fingerprint density at radius 1 is 1.28 bits per heavy atom. The highest BCUT2D eigenvalue weighted by molar-refractivity contribution is 5.85. The first-order chi connectivity index (χ1) is 11.4. The van der Waals surface area contributed by atoms with Crippen LogP contribution in [0.15, 0.2) is 24.3 Å². The van der Waals surface area contributed by atoms with Gasteiger partial charge in [-0.25, -0.2) is 0 Å². The predicted octanol–water partition coefficient (Wildman–Crippen LogP) is 2.64. The second-order valence-corrected chi connectivity index (χ2v) is 6.13. The van der Waals surface area contributed by atoms with Gasteiger partial charge in [-0.15, -0.1) is 12.4 Å². The lowest BCUT2D eigenvalue weighted by atomic mass is 9.92. The van der Waals surface area contributed by atoms with Crippen molar-refractivity contribution in [1.29, 1.82) is 0 Å². The first-order valence-electron chi connectivity index (χ1n) is 8.24. The zero-order chi connectivity index (χ0) is 17.6. The molecule has 1 atom stereocenters. The van der Waals surface area contributed by atoms with Crippen molar-refractivity contribution in [2.24, 2.45) is 0 Å². The highest BCUT2D eigenvalue weighted by Gasteiger charge is 2.34. The van der Waals surface area contributed by atoms with Gasteiger partial charge in [0.15, 0.2) is 0 Å². The number of piperazine rings is 1. The van der Waals surface area contributed by atoms with Gasteiger partial charge >= 0.3 is 6.18 Å². The maximum Gasteiger partial charge on any atom is 0.416 e. The summed E-state index contributed by atoms with van der Waals surface area (Å²) in [6.07, 6.45) is -4.35. The number of hydrogen-bond acceptors (Lipinski definition) is 3. The van der Waals surface area contributed by atoms with Crippen LogP contribution in [-0.2, 0) is 11.0 Å². The Balaban J connectivity index is 0.00000312. The van der Waals surface area contributed by atoms with E-state index in [9.17, 15) is 18.0 Å². The van der Waals surface area contributed by atoms with Crippen molar-refractivity contribution in [1.82, 2.24) is 15.5 Å². The minimum Gasteiger partial charge on any atom is -0.355 e. The molecule has 25 heavy (non-hydrogen) atoms. The largest absolute Gasteiger partial charge is 0.416 e. The van der Waals surface area contributed by atoms with Gasteiger partial charge in [0.2, 0.25) is 5.91 Å². The minimum atomic E-state index is -4.40. The van der Waals surface area contributed by atoms with Crippen molar-refractivity contribution in [3.8, 4) is 0 Å². The first-order valence-corrected chi connectivity index (χ1v) is 8.24. The van der Waals surface area contributed by atoms with Crippen LogP contribution in [0.1, 0.15) is 30.4 Å². The molecule has 1 saturated heterocycles. The van der Waals surface area contributed by atoms with E-state index in [1.165, 1.54) is 12.1 Å². The number of carbonyl (C=O) groups is 1. The number of nitrogens with one attached hydrogen (secondary N) is 2. The molecule has 0 aliphatic carbocycles. The topological polar surface area (TPSA) is 44.4 Å². The number of rotatable bonds is 6. The summed E-state index contributed by atoms with van der Waals surface area (Å²) in [5.41, 5.74) is -0.492. The maximum atomic E-state index is 13.0. The fourth-order valence-electron chi connectivity index (χ4n) is 2.93. The summed E-state index contributed by atoms with van der Waals surface area (Å²) in [6.45, 7) is 6.72. The van der Waals surface area contributed by atoms with E-state index in [1.54, 1.807) is 13.0 Å². The molecule has 1 fully saturated rings. The molecule has 0 aromatic heterocycles. The molecule has 0 spiro atoms. The van der Waals surface area contributed by atoms with E-state index in [2.05, 4.69) is 15.5 Å². The fourth-order valence-corrected chi connectivity index (χ4v) is 2.93. The lowest BCUT2D eigenvalue weighted by molar-refractivity contribution is -0.138. The van der Waals surface area contributed by atoms with Crippen molar-refractivity contribution in [2.45, 2.75) is 25.4 Å². The third kappa shape index (κ3) is 6.84. The average Bonchev–Trinajstić information content (AvgIpc) is 2.55. The number of benzene rings is 1. The molecule has 1 aliphatic rings. The van der Waals surface area contributed by atoms with E-state index in [1.807, 2.05) is 0 Å². The van der Waals surface area contributed by atoms with Gasteiger partial charge in [0.25, 0.3) is 0 Å². The van der Waals surface area contributed by atoms with Crippen molar-refractivity contribution < 1.29 is 18.0 Å². The Kier molecular flexibility index (Phi) is 8.68. The van der Waals surface area contributed by atoms with Crippen LogP contribution in [0.5, 0.6) is 0 Å². The second-order valence-electron chi connectivity index (χ2n) is 6.13. The summed E-state index contributed by atoms with van der Waals surface area (Å²) in [7, 11) is 0. The summed E-state index contributed by atoms with van der Waals surface area (Å²) >= 11 is 0. The van der Waals surface area contributed by atoms with E-state index in [4.69, 9.17) is 0 Å². The average molecular weight is 380 g/mol. The summed E-state index contributed by atoms with van der Waals surface area (Å²) in [5.74, 6) is -0.698. The fraction of sp³-hybridized carbons (Fsp3) is 0.588. The molecular formula is C17H25ClF3N3O. The van der Waals surface area contributed by atoms with Crippen LogP contribution >= 0.6 is 12.4 Å². The minimum absolute atomic E-state index is 0. The van der Waals surface area contributed by atoms with Crippen molar-refractivity contribution >= 4 is 18.3 Å². The highest BCUT2D eigenvalue weighted by Crippen LogP contribution is 2.35. The van der Waals surface area contributed by atoms with E-state index in [0.717, 1.165) is 38.8 Å². The highest BCUT2D eigenvalue weighted by atomic mass is 35.5. The van der Waals surface area contributed by atoms with Crippen LogP contribution in [0.2, 0.25) is 0 Å². The molecule has 1 aliphatic heterocycles.